The monoisotopic (exact) mass is 285 g/mol. The number of aromatic nitrogens is 2. The number of nitrogens with zero attached hydrogens (tertiary/aromatic N) is 2. The molecule has 0 unspecified atom stereocenters. The minimum atomic E-state index is 0.435. The highest BCUT2D eigenvalue weighted by atomic mass is 16.5. The fourth-order valence-corrected chi connectivity index (χ4v) is 2.99. The summed E-state index contributed by atoms with van der Waals surface area (Å²) in [7, 11) is 0. The highest BCUT2D eigenvalue weighted by Gasteiger charge is 2.18. The number of rotatable bonds is 3. The van der Waals surface area contributed by atoms with E-state index in [9.17, 15) is 0 Å². The molecule has 0 saturated carbocycles. The van der Waals surface area contributed by atoms with Crippen LogP contribution in [-0.2, 0) is 4.74 Å². The summed E-state index contributed by atoms with van der Waals surface area (Å²) in [4.78, 5) is 10.3. The van der Waals surface area contributed by atoms with Crippen LogP contribution >= 0.6 is 0 Å². The molecule has 3 rings (SSSR count). The van der Waals surface area contributed by atoms with Gasteiger partial charge in [0.1, 0.15) is 5.82 Å². The number of hydrogen-bond donors (Lipinski definition) is 1. The summed E-state index contributed by atoms with van der Waals surface area (Å²) >= 11 is 0. The van der Waals surface area contributed by atoms with Gasteiger partial charge >= 0.3 is 0 Å². The normalized spacial score (nSPS) is 17.9. The molecule has 0 bridgehead atoms. The first-order chi connectivity index (χ1) is 10.1. The molecule has 4 nitrogen and oxygen atoms in total. The zero-order valence-electron chi connectivity index (χ0n) is 13.0. The molecule has 21 heavy (non-hydrogen) atoms. The smallest absolute Gasteiger partial charge is 0.103 e. The van der Waals surface area contributed by atoms with Crippen molar-refractivity contribution in [2.24, 2.45) is 0 Å². The first-order valence-electron chi connectivity index (χ1n) is 7.60. The molecule has 4 heteroatoms. The van der Waals surface area contributed by atoms with Gasteiger partial charge in [-0.3, -0.25) is 4.90 Å². The van der Waals surface area contributed by atoms with Gasteiger partial charge < -0.3 is 9.72 Å². The Labute approximate surface area is 126 Å². The number of hydrogen-bond acceptors (Lipinski definition) is 3. The van der Waals surface area contributed by atoms with E-state index in [2.05, 4.69) is 53.0 Å². The van der Waals surface area contributed by atoms with Crippen LogP contribution in [0.1, 0.15) is 30.0 Å². The molecule has 1 aromatic heterocycles. The van der Waals surface area contributed by atoms with Gasteiger partial charge in [0.25, 0.3) is 0 Å². The topological polar surface area (TPSA) is 41.2 Å². The first-order valence-corrected chi connectivity index (χ1v) is 7.60. The van der Waals surface area contributed by atoms with E-state index in [0.29, 0.717) is 6.04 Å². The Kier molecular flexibility index (Phi) is 4.08. The fraction of sp³-hybridized carbons (Fsp3) is 0.471. The molecule has 1 N–H and O–H groups in total. The van der Waals surface area contributed by atoms with Gasteiger partial charge in [0, 0.05) is 30.4 Å². The van der Waals surface area contributed by atoms with Crippen molar-refractivity contribution in [2.45, 2.75) is 26.8 Å². The van der Waals surface area contributed by atoms with Crippen LogP contribution in [0.15, 0.2) is 24.3 Å². The van der Waals surface area contributed by atoms with Gasteiger partial charge in [-0.25, -0.2) is 4.98 Å². The Morgan fingerprint density at radius 1 is 1.14 bits per heavy atom. The van der Waals surface area contributed by atoms with E-state index < -0.39 is 0 Å². The highest BCUT2D eigenvalue weighted by Crippen LogP contribution is 2.26. The lowest BCUT2D eigenvalue weighted by molar-refractivity contribution is 0.0198. The summed E-state index contributed by atoms with van der Waals surface area (Å²) in [6.45, 7) is 10.0. The summed E-state index contributed by atoms with van der Waals surface area (Å²) in [5.74, 6) is 0.966. The average molecular weight is 285 g/mol. The van der Waals surface area contributed by atoms with E-state index in [0.717, 1.165) is 43.5 Å². The van der Waals surface area contributed by atoms with Gasteiger partial charge in [-0.2, -0.15) is 0 Å². The van der Waals surface area contributed by atoms with Crippen LogP contribution in [-0.4, -0.2) is 41.2 Å². The lowest BCUT2D eigenvalue weighted by Crippen LogP contribution is -2.37. The van der Waals surface area contributed by atoms with Crippen molar-refractivity contribution in [1.29, 1.82) is 0 Å². The minimum absolute atomic E-state index is 0.435. The van der Waals surface area contributed by atoms with Crippen molar-refractivity contribution in [3.8, 4) is 11.3 Å². The third-order valence-corrected chi connectivity index (χ3v) is 4.26. The van der Waals surface area contributed by atoms with E-state index in [1.807, 2.05) is 6.92 Å². The molecule has 1 aliphatic heterocycles. The second-order valence-corrected chi connectivity index (χ2v) is 5.74. The van der Waals surface area contributed by atoms with Crippen molar-refractivity contribution in [1.82, 2.24) is 14.9 Å². The van der Waals surface area contributed by atoms with Crippen molar-refractivity contribution in [3.63, 3.8) is 0 Å². The minimum Gasteiger partial charge on any atom is -0.379 e. The van der Waals surface area contributed by atoms with Gasteiger partial charge in [-0.1, -0.05) is 24.3 Å². The molecule has 0 aliphatic carbocycles. The van der Waals surface area contributed by atoms with Crippen molar-refractivity contribution in [2.75, 3.05) is 26.3 Å². The largest absolute Gasteiger partial charge is 0.379 e. The van der Waals surface area contributed by atoms with E-state index in [-0.39, 0.29) is 0 Å². The summed E-state index contributed by atoms with van der Waals surface area (Å²) < 4.78 is 5.42. The van der Waals surface area contributed by atoms with E-state index >= 15 is 0 Å². The number of ether oxygens (including phenoxy) is 1. The van der Waals surface area contributed by atoms with Crippen LogP contribution < -0.4 is 0 Å². The van der Waals surface area contributed by atoms with Crippen LogP contribution in [0.3, 0.4) is 0 Å². The maximum Gasteiger partial charge on any atom is 0.103 e. The van der Waals surface area contributed by atoms with Gasteiger partial charge in [0.2, 0.25) is 0 Å². The standard InChI is InChI=1S/C17H23N3O/c1-12-17(19-14(3)18-12)16-6-4-15(5-7-16)13(2)20-8-10-21-11-9-20/h4-7,13H,8-11H2,1-3H3,(H,18,19)/t13-/m0/s1. The van der Waals surface area contributed by atoms with E-state index in [1.165, 1.54) is 11.1 Å². The quantitative estimate of drug-likeness (QED) is 0.942. The number of imidazole rings is 1. The zero-order valence-corrected chi connectivity index (χ0v) is 13.0. The average Bonchev–Trinajstić information content (AvgIpc) is 2.86. The third kappa shape index (κ3) is 3.01. The van der Waals surface area contributed by atoms with Crippen molar-refractivity contribution >= 4 is 0 Å². The number of morpholine rings is 1. The number of nitrogens with one attached hydrogen (secondary N) is 1. The molecule has 1 atom stereocenters. The molecule has 0 amide bonds. The van der Waals surface area contributed by atoms with Crippen LogP contribution in [0, 0.1) is 13.8 Å². The molecule has 2 heterocycles. The number of H-pyrrole nitrogens is 1. The number of aryl methyl sites for hydroxylation is 2. The molecule has 1 fully saturated rings. The number of benzene rings is 1. The Morgan fingerprint density at radius 3 is 2.38 bits per heavy atom. The molecular weight excluding hydrogens is 262 g/mol. The Balaban J connectivity index is 1.78. The molecular formula is C17H23N3O. The lowest BCUT2D eigenvalue weighted by atomic mass is 10.0. The number of aromatic amines is 1. The molecule has 1 saturated heterocycles. The summed E-state index contributed by atoms with van der Waals surface area (Å²) in [5, 5.41) is 0. The van der Waals surface area contributed by atoms with Crippen molar-refractivity contribution in [3.05, 3.63) is 41.3 Å². The SMILES string of the molecule is Cc1nc(-c2ccc([C@H](C)N3CCOCC3)cc2)c(C)[nH]1. The van der Waals surface area contributed by atoms with Crippen molar-refractivity contribution < 1.29 is 4.74 Å². The summed E-state index contributed by atoms with van der Waals surface area (Å²) in [6, 6.07) is 9.23. The van der Waals surface area contributed by atoms with Crippen LogP contribution in [0.4, 0.5) is 0 Å². The van der Waals surface area contributed by atoms with Gasteiger partial charge in [-0.05, 0) is 26.3 Å². The van der Waals surface area contributed by atoms with Gasteiger partial charge in [-0.15, -0.1) is 0 Å². The Hall–Kier alpha value is -1.65. The second-order valence-electron chi connectivity index (χ2n) is 5.74. The zero-order chi connectivity index (χ0) is 14.8. The highest BCUT2D eigenvalue weighted by molar-refractivity contribution is 5.62. The Bertz CT molecular complexity index is 597. The van der Waals surface area contributed by atoms with E-state index in [1.54, 1.807) is 0 Å². The van der Waals surface area contributed by atoms with Crippen LogP contribution in [0.2, 0.25) is 0 Å². The Morgan fingerprint density at radius 2 is 1.81 bits per heavy atom. The van der Waals surface area contributed by atoms with Crippen LogP contribution in [0.25, 0.3) is 11.3 Å². The molecule has 1 aliphatic rings. The molecule has 0 spiro atoms. The second kappa shape index (κ2) is 6.00. The summed E-state index contributed by atoms with van der Waals surface area (Å²) in [6.07, 6.45) is 0. The van der Waals surface area contributed by atoms with Crippen LogP contribution in [0.5, 0.6) is 0 Å². The summed E-state index contributed by atoms with van der Waals surface area (Å²) in [5.41, 5.74) is 4.71. The van der Waals surface area contributed by atoms with Gasteiger partial charge in [0.15, 0.2) is 0 Å². The maximum atomic E-state index is 5.42. The fourth-order valence-electron chi connectivity index (χ4n) is 2.99. The van der Waals surface area contributed by atoms with E-state index in [4.69, 9.17) is 4.74 Å². The molecule has 112 valence electrons. The molecule has 0 radical (unpaired) electrons. The van der Waals surface area contributed by atoms with Gasteiger partial charge in [0.05, 0.1) is 18.9 Å². The predicted octanol–water partition coefficient (Wildman–Crippen LogP) is 3.09. The molecule has 1 aromatic carbocycles. The lowest BCUT2D eigenvalue weighted by Gasteiger charge is -2.32. The molecule has 2 aromatic rings. The maximum absolute atomic E-state index is 5.42. The third-order valence-electron chi connectivity index (χ3n) is 4.26. The first kappa shape index (κ1) is 14.3. The predicted molar refractivity (Wildman–Crippen MR) is 84.3 cm³/mol.